The second-order valence-corrected chi connectivity index (χ2v) is 5.14. The second kappa shape index (κ2) is 10.4. The highest BCUT2D eigenvalue weighted by molar-refractivity contribution is 5.75. The Morgan fingerprint density at radius 3 is 2.45 bits per heavy atom. The van der Waals surface area contributed by atoms with Crippen LogP contribution >= 0.6 is 0 Å². The molecule has 0 heterocycles. The van der Waals surface area contributed by atoms with Gasteiger partial charge in [0.2, 0.25) is 0 Å². The fourth-order valence-corrected chi connectivity index (χ4v) is 1.58. The molecule has 0 aliphatic rings. The van der Waals surface area contributed by atoms with Gasteiger partial charge in [0.05, 0.1) is 13.0 Å². The van der Waals surface area contributed by atoms with Crippen LogP contribution < -0.4 is 10.6 Å². The molecule has 0 aliphatic carbocycles. The second-order valence-electron chi connectivity index (χ2n) is 5.14. The number of carbonyl (C=O) groups excluding carboxylic acids is 1. The minimum Gasteiger partial charge on any atom is -0.481 e. The molecular formula is C13H27N3O4. The fraction of sp³-hybridized carbons (Fsp3) is 0.846. The van der Waals surface area contributed by atoms with Crippen molar-refractivity contribution in [2.24, 2.45) is 5.92 Å². The zero-order chi connectivity index (χ0) is 15.5. The summed E-state index contributed by atoms with van der Waals surface area (Å²) < 4.78 is 4.96. The molecule has 1 unspecified atom stereocenters. The Kier molecular flexibility index (Phi) is 9.75. The quantitative estimate of drug-likeness (QED) is 0.540. The lowest BCUT2D eigenvalue weighted by atomic mass is 10.0. The third-order valence-electron chi connectivity index (χ3n) is 2.97. The van der Waals surface area contributed by atoms with Gasteiger partial charge in [-0.05, 0) is 13.0 Å². The van der Waals surface area contributed by atoms with Crippen molar-refractivity contribution in [3.8, 4) is 0 Å². The average Bonchev–Trinajstić information content (AvgIpc) is 2.34. The number of likely N-dealkylation sites (N-methyl/N-ethyl adjacent to an activating group) is 1. The van der Waals surface area contributed by atoms with Gasteiger partial charge in [0.15, 0.2) is 0 Å². The van der Waals surface area contributed by atoms with E-state index < -0.39 is 5.97 Å². The smallest absolute Gasteiger partial charge is 0.315 e. The summed E-state index contributed by atoms with van der Waals surface area (Å²) in [6.45, 7) is 6.43. The van der Waals surface area contributed by atoms with Gasteiger partial charge in [-0.25, -0.2) is 4.79 Å². The molecule has 0 radical (unpaired) electrons. The maximum atomic E-state index is 11.7. The molecule has 0 spiro atoms. The number of nitrogens with one attached hydrogen (secondary N) is 2. The zero-order valence-corrected chi connectivity index (χ0v) is 12.8. The van der Waals surface area contributed by atoms with E-state index in [1.807, 2.05) is 25.8 Å². The molecule has 0 rings (SSSR count). The van der Waals surface area contributed by atoms with E-state index in [1.165, 1.54) is 0 Å². The summed E-state index contributed by atoms with van der Waals surface area (Å²) in [5, 5.41) is 14.2. The number of urea groups is 1. The maximum Gasteiger partial charge on any atom is 0.315 e. The third-order valence-corrected chi connectivity index (χ3v) is 2.97. The molecule has 0 fully saturated rings. The van der Waals surface area contributed by atoms with Gasteiger partial charge < -0.3 is 25.4 Å². The van der Waals surface area contributed by atoms with E-state index in [0.717, 1.165) is 6.54 Å². The normalized spacial score (nSPS) is 12.5. The SMILES string of the molecule is COCCN(C)CCNC(=O)NC(CC(=O)O)C(C)C. The summed E-state index contributed by atoms with van der Waals surface area (Å²) in [5.41, 5.74) is 0. The average molecular weight is 289 g/mol. The molecule has 0 aromatic heterocycles. The first-order valence-electron chi connectivity index (χ1n) is 6.80. The molecule has 20 heavy (non-hydrogen) atoms. The van der Waals surface area contributed by atoms with Crippen molar-refractivity contribution in [1.82, 2.24) is 15.5 Å². The Labute approximate surface area is 120 Å². The first-order chi connectivity index (χ1) is 9.36. The fourth-order valence-electron chi connectivity index (χ4n) is 1.58. The number of ether oxygens (including phenoxy) is 1. The van der Waals surface area contributed by atoms with Crippen LogP contribution in [0.4, 0.5) is 4.79 Å². The van der Waals surface area contributed by atoms with E-state index in [9.17, 15) is 9.59 Å². The molecular weight excluding hydrogens is 262 g/mol. The predicted octanol–water partition coefficient (Wildman–Crippen LogP) is 0.363. The zero-order valence-electron chi connectivity index (χ0n) is 12.8. The Hall–Kier alpha value is -1.34. The minimum absolute atomic E-state index is 0.0706. The molecule has 0 saturated carbocycles. The molecule has 1 atom stereocenters. The highest BCUT2D eigenvalue weighted by atomic mass is 16.5. The van der Waals surface area contributed by atoms with Gasteiger partial charge in [0, 0.05) is 32.8 Å². The molecule has 2 amide bonds. The highest BCUT2D eigenvalue weighted by Crippen LogP contribution is 2.05. The van der Waals surface area contributed by atoms with E-state index in [1.54, 1.807) is 7.11 Å². The first kappa shape index (κ1) is 18.7. The van der Waals surface area contributed by atoms with Crippen LogP contribution in [0.25, 0.3) is 0 Å². The first-order valence-corrected chi connectivity index (χ1v) is 6.80. The molecule has 0 aliphatic heterocycles. The number of aliphatic carboxylic acids is 1. The molecule has 3 N–H and O–H groups in total. The summed E-state index contributed by atoms with van der Waals surface area (Å²) in [4.78, 5) is 24.4. The van der Waals surface area contributed by atoms with Gasteiger partial charge in [0.1, 0.15) is 0 Å². The lowest BCUT2D eigenvalue weighted by Gasteiger charge is -2.21. The van der Waals surface area contributed by atoms with Crippen LogP contribution in [0, 0.1) is 5.92 Å². The maximum absolute atomic E-state index is 11.7. The summed E-state index contributed by atoms with van der Waals surface area (Å²) >= 11 is 0. The Morgan fingerprint density at radius 1 is 1.30 bits per heavy atom. The minimum atomic E-state index is -0.914. The van der Waals surface area contributed by atoms with Gasteiger partial charge in [-0.2, -0.15) is 0 Å². The molecule has 118 valence electrons. The summed E-state index contributed by atoms with van der Waals surface area (Å²) in [6, 6.07) is -0.691. The third kappa shape index (κ3) is 9.57. The topological polar surface area (TPSA) is 90.9 Å². The Balaban J connectivity index is 3.93. The van der Waals surface area contributed by atoms with Crippen molar-refractivity contribution in [3.05, 3.63) is 0 Å². The number of carboxylic acid groups (broad SMARTS) is 1. The Bertz CT molecular complexity index is 297. The van der Waals surface area contributed by atoms with Crippen molar-refractivity contribution in [1.29, 1.82) is 0 Å². The standard InChI is InChI=1S/C13H27N3O4/c1-10(2)11(9-12(17)18)15-13(19)14-5-6-16(3)7-8-20-4/h10-11H,5-9H2,1-4H3,(H,17,18)(H2,14,15,19). The van der Waals surface area contributed by atoms with Crippen molar-refractivity contribution in [3.63, 3.8) is 0 Å². The van der Waals surface area contributed by atoms with E-state index >= 15 is 0 Å². The van der Waals surface area contributed by atoms with E-state index in [0.29, 0.717) is 19.7 Å². The van der Waals surface area contributed by atoms with Gasteiger partial charge in [-0.1, -0.05) is 13.8 Å². The van der Waals surface area contributed by atoms with Gasteiger partial charge in [-0.3, -0.25) is 4.79 Å². The molecule has 7 heteroatoms. The molecule has 0 bridgehead atoms. The predicted molar refractivity (Wildman–Crippen MR) is 76.8 cm³/mol. The lowest BCUT2D eigenvalue weighted by Crippen LogP contribution is -2.47. The van der Waals surface area contributed by atoms with Crippen molar-refractivity contribution >= 4 is 12.0 Å². The molecule has 0 aromatic carbocycles. The van der Waals surface area contributed by atoms with Gasteiger partial charge in [0.25, 0.3) is 0 Å². The van der Waals surface area contributed by atoms with Crippen LogP contribution in [0.15, 0.2) is 0 Å². The number of carboxylic acids is 1. The van der Waals surface area contributed by atoms with Crippen LogP contribution in [-0.4, -0.2) is 68.4 Å². The van der Waals surface area contributed by atoms with Crippen LogP contribution in [0.3, 0.4) is 0 Å². The van der Waals surface area contributed by atoms with Crippen LogP contribution in [-0.2, 0) is 9.53 Å². The lowest BCUT2D eigenvalue weighted by molar-refractivity contribution is -0.137. The number of amides is 2. The Morgan fingerprint density at radius 2 is 1.95 bits per heavy atom. The van der Waals surface area contributed by atoms with Gasteiger partial charge >= 0.3 is 12.0 Å². The molecule has 0 aromatic rings. The molecule has 0 saturated heterocycles. The number of hydrogen-bond donors (Lipinski definition) is 3. The van der Waals surface area contributed by atoms with Crippen molar-refractivity contribution in [2.45, 2.75) is 26.3 Å². The van der Waals surface area contributed by atoms with Crippen molar-refractivity contribution in [2.75, 3.05) is 40.4 Å². The van der Waals surface area contributed by atoms with Crippen LogP contribution in [0.2, 0.25) is 0 Å². The highest BCUT2D eigenvalue weighted by Gasteiger charge is 2.19. The number of nitrogens with zero attached hydrogens (tertiary/aromatic N) is 1. The summed E-state index contributed by atoms with van der Waals surface area (Å²) in [5.74, 6) is -0.843. The van der Waals surface area contributed by atoms with Crippen LogP contribution in [0.1, 0.15) is 20.3 Å². The largest absolute Gasteiger partial charge is 0.481 e. The van der Waals surface area contributed by atoms with Crippen molar-refractivity contribution < 1.29 is 19.4 Å². The number of carbonyl (C=O) groups is 2. The number of methoxy groups -OCH3 is 1. The van der Waals surface area contributed by atoms with E-state index in [-0.39, 0.29) is 24.4 Å². The summed E-state index contributed by atoms with van der Waals surface area (Å²) in [7, 11) is 3.59. The number of rotatable bonds is 10. The number of hydrogen-bond acceptors (Lipinski definition) is 4. The summed E-state index contributed by atoms with van der Waals surface area (Å²) in [6.07, 6.45) is -0.0706. The van der Waals surface area contributed by atoms with Gasteiger partial charge in [-0.15, -0.1) is 0 Å². The van der Waals surface area contributed by atoms with Crippen LogP contribution in [0.5, 0.6) is 0 Å². The molecule has 7 nitrogen and oxygen atoms in total. The van der Waals surface area contributed by atoms with E-state index in [2.05, 4.69) is 10.6 Å². The monoisotopic (exact) mass is 289 g/mol. The van der Waals surface area contributed by atoms with E-state index in [4.69, 9.17) is 9.84 Å².